The maximum Gasteiger partial charge on any atom is 0.514 e. The van der Waals surface area contributed by atoms with Crippen molar-refractivity contribution in [3.05, 3.63) is 29.3 Å². The van der Waals surface area contributed by atoms with Crippen LogP contribution < -0.4 is 9.84 Å². The molecule has 0 aromatic heterocycles. The summed E-state index contributed by atoms with van der Waals surface area (Å²) in [5.74, 6) is -2.61. The summed E-state index contributed by atoms with van der Waals surface area (Å²) in [5, 5.41) is 10.8. The molecular weight excluding hydrogens is 317 g/mol. The molecule has 23 heavy (non-hydrogen) atoms. The second-order valence-electron chi connectivity index (χ2n) is 5.61. The molecule has 0 aliphatic heterocycles. The molecule has 0 saturated heterocycles. The zero-order valence-electron chi connectivity index (χ0n) is 12.2. The number of carbonyl (C=O) groups is 2. The number of hydrogen-bond donors (Lipinski definition) is 0. The van der Waals surface area contributed by atoms with Crippen LogP contribution in [-0.4, -0.2) is 17.7 Å². The molecule has 0 spiro atoms. The molecule has 0 heterocycles. The maximum absolute atomic E-state index is 12.9. The largest absolute Gasteiger partial charge is 0.545 e. The summed E-state index contributed by atoms with van der Waals surface area (Å²) in [6.07, 6.45) is -3.23. The molecule has 5 nitrogen and oxygen atoms in total. The lowest BCUT2D eigenvalue weighted by molar-refractivity contribution is -0.255. The summed E-state index contributed by atoms with van der Waals surface area (Å²) < 4.78 is 48.4. The molecule has 0 atom stereocenters. The van der Waals surface area contributed by atoms with Crippen LogP contribution in [0, 0.1) is 0 Å². The standard InChI is InChI=1S/C15H15F3O5/c1-14(6-2-3-7-14)23-13(21)22-11-8-9(12(19)20)4-5-10(11)15(16,17)18/h4-5,8H,2-3,6-7H2,1H3,(H,19,20)/p-1. The zero-order valence-corrected chi connectivity index (χ0v) is 12.2. The minimum atomic E-state index is -4.81. The fourth-order valence-corrected chi connectivity index (χ4v) is 2.50. The Morgan fingerprint density at radius 2 is 1.83 bits per heavy atom. The van der Waals surface area contributed by atoms with Crippen molar-refractivity contribution >= 4 is 12.1 Å². The molecule has 1 aliphatic carbocycles. The van der Waals surface area contributed by atoms with Gasteiger partial charge in [-0.3, -0.25) is 0 Å². The number of carboxylic acid groups (broad SMARTS) is 1. The number of halogens is 3. The van der Waals surface area contributed by atoms with Crippen molar-refractivity contribution in [2.24, 2.45) is 0 Å². The van der Waals surface area contributed by atoms with Gasteiger partial charge in [-0.15, -0.1) is 0 Å². The monoisotopic (exact) mass is 331 g/mol. The summed E-state index contributed by atoms with van der Waals surface area (Å²) in [6, 6.07) is 1.84. The summed E-state index contributed by atoms with van der Waals surface area (Å²) in [7, 11) is 0. The first-order chi connectivity index (χ1) is 10.6. The highest BCUT2D eigenvalue weighted by Gasteiger charge is 2.37. The van der Waals surface area contributed by atoms with E-state index in [-0.39, 0.29) is 0 Å². The number of alkyl halides is 3. The highest BCUT2D eigenvalue weighted by atomic mass is 19.4. The van der Waals surface area contributed by atoms with E-state index in [0.717, 1.165) is 18.9 Å². The second kappa shape index (κ2) is 6.10. The molecule has 1 aromatic rings. The molecule has 0 bridgehead atoms. The highest BCUT2D eigenvalue weighted by Crippen LogP contribution is 2.38. The summed E-state index contributed by atoms with van der Waals surface area (Å²) in [5.41, 5.74) is -2.58. The number of carboxylic acids is 1. The number of aromatic carboxylic acids is 1. The van der Waals surface area contributed by atoms with Gasteiger partial charge in [0.1, 0.15) is 11.4 Å². The Morgan fingerprint density at radius 3 is 2.35 bits per heavy atom. The van der Waals surface area contributed by atoms with Crippen molar-refractivity contribution in [1.82, 2.24) is 0 Å². The van der Waals surface area contributed by atoms with Gasteiger partial charge < -0.3 is 19.4 Å². The van der Waals surface area contributed by atoms with Gasteiger partial charge in [0.05, 0.1) is 11.5 Å². The van der Waals surface area contributed by atoms with Gasteiger partial charge in [-0.1, -0.05) is 6.07 Å². The topological polar surface area (TPSA) is 75.7 Å². The minimum Gasteiger partial charge on any atom is -0.545 e. The molecule has 1 aromatic carbocycles. The van der Waals surface area contributed by atoms with E-state index in [1.54, 1.807) is 6.92 Å². The third-order valence-corrected chi connectivity index (χ3v) is 3.71. The van der Waals surface area contributed by atoms with E-state index in [2.05, 4.69) is 4.74 Å². The highest BCUT2D eigenvalue weighted by molar-refractivity contribution is 5.86. The van der Waals surface area contributed by atoms with Gasteiger partial charge >= 0.3 is 12.3 Å². The lowest BCUT2D eigenvalue weighted by Crippen LogP contribution is -2.30. The van der Waals surface area contributed by atoms with Gasteiger partial charge in [-0.2, -0.15) is 13.2 Å². The van der Waals surface area contributed by atoms with Crippen molar-refractivity contribution < 1.29 is 37.3 Å². The van der Waals surface area contributed by atoms with Crippen molar-refractivity contribution in [2.75, 3.05) is 0 Å². The lowest BCUT2D eigenvalue weighted by Gasteiger charge is -2.23. The predicted octanol–water partition coefficient (Wildman–Crippen LogP) is 2.92. The molecule has 0 unspecified atom stereocenters. The predicted molar refractivity (Wildman–Crippen MR) is 69.8 cm³/mol. The van der Waals surface area contributed by atoms with Crippen LogP contribution >= 0.6 is 0 Å². The van der Waals surface area contributed by atoms with Crippen LogP contribution in [0.15, 0.2) is 18.2 Å². The summed E-state index contributed by atoms with van der Waals surface area (Å²) in [6.45, 7) is 1.67. The third kappa shape index (κ3) is 4.14. The van der Waals surface area contributed by atoms with Gasteiger partial charge in [0, 0.05) is 5.56 Å². The van der Waals surface area contributed by atoms with Crippen LogP contribution in [0.3, 0.4) is 0 Å². The Balaban J connectivity index is 2.24. The Morgan fingerprint density at radius 1 is 1.22 bits per heavy atom. The summed E-state index contributed by atoms with van der Waals surface area (Å²) >= 11 is 0. The number of benzene rings is 1. The average molecular weight is 331 g/mol. The maximum atomic E-state index is 12.9. The number of ether oxygens (including phenoxy) is 2. The molecular formula is C15H14F3O5-. The molecule has 0 N–H and O–H groups in total. The molecule has 126 valence electrons. The third-order valence-electron chi connectivity index (χ3n) is 3.71. The van der Waals surface area contributed by atoms with E-state index in [1.165, 1.54) is 0 Å². The first kappa shape index (κ1) is 17.1. The van der Waals surface area contributed by atoms with Crippen molar-refractivity contribution in [3.63, 3.8) is 0 Å². The summed E-state index contributed by atoms with van der Waals surface area (Å²) in [4.78, 5) is 22.5. The van der Waals surface area contributed by atoms with E-state index in [0.29, 0.717) is 25.0 Å². The Labute approximate surface area is 130 Å². The molecule has 1 fully saturated rings. The Bertz CT molecular complexity index is 618. The molecule has 1 saturated carbocycles. The van der Waals surface area contributed by atoms with Crippen LogP contribution in [-0.2, 0) is 10.9 Å². The van der Waals surface area contributed by atoms with E-state index < -0.39 is 40.8 Å². The van der Waals surface area contributed by atoms with Crippen LogP contribution in [0.5, 0.6) is 5.75 Å². The molecule has 8 heteroatoms. The zero-order chi connectivity index (χ0) is 17.3. The van der Waals surface area contributed by atoms with Gasteiger partial charge in [-0.05, 0) is 44.7 Å². The quantitative estimate of drug-likeness (QED) is 0.629. The SMILES string of the molecule is CC1(OC(=O)Oc2cc(C(=O)[O-])ccc2C(F)(F)F)CCCC1. The molecule has 1 aliphatic rings. The lowest BCUT2D eigenvalue weighted by atomic mass is 10.1. The number of hydrogen-bond acceptors (Lipinski definition) is 5. The normalized spacial score (nSPS) is 16.9. The van der Waals surface area contributed by atoms with Gasteiger partial charge in [0.25, 0.3) is 0 Å². The van der Waals surface area contributed by atoms with E-state index in [4.69, 9.17) is 4.74 Å². The van der Waals surface area contributed by atoms with E-state index >= 15 is 0 Å². The van der Waals surface area contributed by atoms with Gasteiger partial charge in [0.15, 0.2) is 0 Å². The van der Waals surface area contributed by atoms with E-state index in [9.17, 15) is 27.9 Å². The molecule has 2 rings (SSSR count). The Hall–Kier alpha value is -2.25. The Kier molecular flexibility index (Phi) is 4.53. The first-order valence-corrected chi connectivity index (χ1v) is 6.94. The fraction of sp³-hybridized carbons (Fsp3) is 0.467. The number of carbonyl (C=O) groups excluding carboxylic acids is 2. The first-order valence-electron chi connectivity index (χ1n) is 6.94. The van der Waals surface area contributed by atoms with Crippen LogP contribution in [0.1, 0.15) is 48.5 Å². The molecule has 0 radical (unpaired) electrons. The van der Waals surface area contributed by atoms with Crippen LogP contribution in [0.4, 0.5) is 18.0 Å². The molecule has 0 amide bonds. The number of rotatable bonds is 3. The average Bonchev–Trinajstić information content (AvgIpc) is 2.83. The van der Waals surface area contributed by atoms with Gasteiger partial charge in [0.2, 0.25) is 0 Å². The van der Waals surface area contributed by atoms with Gasteiger partial charge in [-0.25, -0.2) is 4.79 Å². The van der Waals surface area contributed by atoms with Crippen molar-refractivity contribution in [3.8, 4) is 5.75 Å². The fourth-order valence-electron chi connectivity index (χ4n) is 2.50. The minimum absolute atomic E-state index is 0.519. The van der Waals surface area contributed by atoms with Crippen LogP contribution in [0.25, 0.3) is 0 Å². The van der Waals surface area contributed by atoms with Crippen LogP contribution in [0.2, 0.25) is 0 Å². The van der Waals surface area contributed by atoms with Crippen molar-refractivity contribution in [1.29, 1.82) is 0 Å². The second-order valence-corrected chi connectivity index (χ2v) is 5.61. The smallest absolute Gasteiger partial charge is 0.514 e. The van der Waals surface area contributed by atoms with Crippen molar-refractivity contribution in [2.45, 2.75) is 44.4 Å². The van der Waals surface area contributed by atoms with E-state index in [1.807, 2.05) is 0 Å².